The number of hydrogen-bond donors (Lipinski definition) is 2. The number of nitrogen functional groups attached to an aromatic ring is 1. The van der Waals surface area contributed by atoms with E-state index in [1.807, 2.05) is 22.9 Å². The number of nitrogens with two attached hydrogens (primary N) is 1. The maximum absolute atomic E-state index is 11.2. The molecule has 0 amide bonds. The number of nitrogens with one attached hydrogen (secondary N) is 1. The summed E-state index contributed by atoms with van der Waals surface area (Å²) in [7, 11) is -3.27. The molecule has 0 atom stereocenters. The van der Waals surface area contributed by atoms with Crippen LogP contribution in [0, 0.1) is 3.57 Å². The summed E-state index contributed by atoms with van der Waals surface area (Å²) in [6.07, 6.45) is 4.54. The van der Waals surface area contributed by atoms with E-state index in [1.54, 1.807) is 12.1 Å². The number of hydrogen-bond acceptors (Lipinski definition) is 5. The molecule has 3 aromatic rings. The van der Waals surface area contributed by atoms with Crippen molar-refractivity contribution in [3.8, 4) is 0 Å². The quantitative estimate of drug-likeness (QED) is 0.601. The van der Waals surface area contributed by atoms with Crippen molar-refractivity contribution in [3.63, 3.8) is 0 Å². The SMILES string of the molecule is CS(=O)(=O)Nc1ccc(Cn2cc(I)c3c(N)ncnc32)cc1. The molecule has 0 aliphatic rings. The fourth-order valence-corrected chi connectivity index (χ4v) is 3.73. The normalized spacial score (nSPS) is 11.7. The molecule has 0 bridgehead atoms. The molecule has 0 aliphatic carbocycles. The van der Waals surface area contributed by atoms with Gasteiger partial charge in [0.05, 0.1) is 11.6 Å². The van der Waals surface area contributed by atoms with Gasteiger partial charge in [-0.15, -0.1) is 0 Å². The standard InChI is InChI=1S/C14H14IN5O2S/c1-23(21,22)19-10-4-2-9(3-5-10)6-20-7-11(15)12-13(16)17-8-18-14(12)20/h2-5,7-8,19H,6H2,1H3,(H2,16,17,18). The zero-order valence-corrected chi connectivity index (χ0v) is 15.2. The molecule has 7 nitrogen and oxygen atoms in total. The second-order valence-electron chi connectivity index (χ2n) is 5.13. The van der Waals surface area contributed by atoms with Crippen LogP contribution < -0.4 is 10.5 Å². The summed E-state index contributed by atoms with van der Waals surface area (Å²) in [5, 5.41) is 0.850. The van der Waals surface area contributed by atoms with Crippen LogP contribution in [-0.4, -0.2) is 29.2 Å². The summed E-state index contributed by atoms with van der Waals surface area (Å²) in [5.41, 5.74) is 8.25. The highest BCUT2D eigenvalue weighted by atomic mass is 127. The first-order valence-electron chi connectivity index (χ1n) is 6.65. The molecule has 120 valence electrons. The minimum absolute atomic E-state index is 0.464. The van der Waals surface area contributed by atoms with E-state index in [-0.39, 0.29) is 0 Å². The Morgan fingerprint density at radius 2 is 1.96 bits per heavy atom. The number of fused-ring (bicyclic) bond motifs is 1. The van der Waals surface area contributed by atoms with E-state index >= 15 is 0 Å². The van der Waals surface area contributed by atoms with Gasteiger partial charge in [-0.05, 0) is 40.3 Å². The van der Waals surface area contributed by atoms with Crippen LogP contribution in [0.25, 0.3) is 11.0 Å². The maximum atomic E-state index is 11.2. The summed E-state index contributed by atoms with van der Waals surface area (Å²) in [4.78, 5) is 8.32. The van der Waals surface area contributed by atoms with Gasteiger partial charge in [0.15, 0.2) is 0 Å². The van der Waals surface area contributed by atoms with E-state index in [0.29, 0.717) is 18.1 Å². The van der Waals surface area contributed by atoms with E-state index in [2.05, 4.69) is 37.3 Å². The minimum Gasteiger partial charge on any atom is -0.383 e. The molecule has 2 aromatic heterocycles. The highest BCUT2D eigenvalue weighted by Crippen LogP contribution is 2.25. The number of sulfonamides is 1. The van der Waals surface area contributed by atoms with Crippen LogP contribution in [0.4, 0.5) is 11.5 Å². The second kappa shape index (κ2) is 5.96. The largest absolute Gasteiger partial charge is 0.383 e. The monoisotopic (exact) mass is 443 g/mol. The fraction of sp³-hybridized carbons (Fsp3) is 0.143. The third-order valence-electron chi connectivity index (χ3n) is 3.25. The molecule has 3 N–H and O–H groups in total. The molecule has 0 radical (unpaired) electrons. The van der Waals surface area contributed by atoms with E-state index in [9.17, 15) is 8.42 Å². The van der Waals surface area contributed by atoms with Crippen LogP contribution in [0.15, 0.2) is 36.8 Å². The Balaban J connectivity index is 1.89. The Hall–Kier alpha value is -1.88. The molecule has 0 aliphatic heterocycles. The molecular weight excluding hydrogens is 429 g/mol. The van der Waals surface area contributed by atoms with Gasteiger partial charge < -0.3 is 10.3 Å². The van der Waals surface area contributed by atoms with E-state index in [1.165, 1.54) is 6.33 Å². The average molecular weight is 443 g/mol. The second-order valence-corrected chi connectivity index (χ2v) is 8.04. The van der Waals surface area contributed by atoms with Gasteiger partial charge in [-0.2, -0.15) is 0 Å². The first-order valence-corrected chi connectivity index (χ1v) is 9.62. The zero-order valence-electron chi connectivity index (χ0n) is 12.2. The molecule has 0 unspecified atom stereocenters. The van der Waals surface area contributed by atoms with Crippen LogP contribution >= 0.6 is 22.6 Å². The van der Waals surface area contributed by atoms with E-state index in [0.717, 1.165) is 26.4 Å². The van der Waals surface area contributed by atoms with E-state index in [4.69, 9.17) is 5.73 Å². The lowest BCUT2D eigenvalue weighted by Gasteiger charge is -2.07. The molecule has 0 saturated carbocycles. The maximum Gasteiger partial charge on any atom is 0.229 e. The van der Waals surface area contributed by atoms with Crippen molar-refractivity contribution in [1.82, 2.24) is 14.5 Å². The Morgan fingerprint density at radius 3 is 2.61 bits per heavy atom. The highest BCUT2D eigenvalue weighted by molar-refractivity contribution is 14.1. The van der Waals surface area contributed by atoms with Gasteiger partial charge in [-0.25, -0.2) is 18.4 Å². The molecule has 23 heavy (non-hydrogen) atoms. The number of aromatic nitrogens is 3. The number of halogens is 1. The van der Waals surface area contributed by atoms with Crippen molar-refractivity contribution in [2.24, 2.45) is 0 Å². The Labute approximate surface area is 147 Å². The molecule has 3 rings (SSSR count). The molecule has 9 heteroatoms. The Morgan fingerprint density at radius 1 is 1.26 bits per heavy atom. The molecule has 1 aromatic carbocycles. The fourth-order valence-electron chi connectivity index (χ4n) is 2.31. The number of benzene rings is 1. The topological polar surface area (TPSA) is 103 Å². The van der Waals surface area contributed by atoms with Crippen molar-refractivity contribution in [1.29, 1.82) is 0 Å². The molecular formula is C14H14IN5O2S. The van der Waals surface area contributed by atoms with Crippen LogP contribution in [0.5, 0.6) is 0 Å². The van der Waals surface area contributed by atoms with Gasteiger partial charge >= 0.3 is 0 Å². The number of anilines is 2. The van der Waals surface area contributed by atoms with Crippen LogP contribution in [-0.2, 0) is 16.6 Å². The lowest BCUT2D eigenvalue weighted by molar-refractivity contribution is 0.607. The van der Waals surface area contributed by atoms with Crippen molar-refractivity contribution < 1.29 is 8.42 Å². The predicted octanol–water partition coefficient (Wildman–Crippen LogP) is 2.04. The number of rotatable bonds is 4. The van der Waals surface area contributed by atoms with Gasteiger partial charge in [0.1, 0.15) is 17.8 Å². The number of nitrogens with zero attached hydrogens (tertiary/aromatic N) is 3. The smallest absolute Gasteiger partial charge is 0.229 e. The molecule has 2 heterocycles. The minimum atomic E-state index is -3.27. The van der Waals surface area contributed by atoms with Crippen molar-refractivity contribution in [2.45, 2.75) is 6.54 Å². The lowest BCUT2D eigenvalue weighted by atomic mass is 10.2. The van der Waals surface area contributed by atoms with Crippen molar-refractivity contribution in [3.05, 3.63) is 45.9 Å². The van der Waals surface area contributed by atoms with Gasteiger partial charge in [0, 0.05) is 22.0 Å². The van der Waals surface area contributed by atoms with Crippen LogP contribution in [0.3, 0.4) is 0 Å². The average Bonchev–Trinajstić information content (AvgIpc) is 2.77. The Kier molecular flexibility index (Phi) is 4.15. The third kappa shape index (κ3) is 3.55. The van der Waals surface area contributed by atoms with Gasteiger partial charge in [0.2, 0.25) is 10.0 Å². The molecule has 0 spiro atoms. The first kappa shape index (κ1) is 16.0. The first-order chi connectivity index (χ1) is 10.8. The van der Waals surface area contributed by atoms with Crippen molar-refractivity contribution in [2.75, 3.05) is 16.7 Å². The predicted molar refractivity (Wildman–Crippen MR) is 98.7 cm³/mol. The summed E-state index contributed by atoms with van der Waals surface area (Å²) < 4.78 is 27.9. The summed E-state index contributed by atoms with van der Waals surface area (Å²) in [6.45, 7) is 0.606. The van der Waals surface area contributed by atoms with Gasteiger partial charge in [-0.1, -0.05) is 12.1 Å². The summed E-state index contributed by atoms with van der Waals surface area (Å²) in [6, 6.07) is 7.21. The third-order valence-corrected chi connectivity index (χ3v) is 4.67. The summed E-state index contributed by atoms with van der Waals surface area (Å²) in [5.74, 6) is 0.464. The van der Waals surface area contributed by atoms with Gasteiger partial charge in [0.25, 0.3) is 0 Å². The summed E-state index contributed by atoms with van der Waals surface area (Å²) >= 11 is 2.21. The molecule has 0 fully saturated rings. The van der Waals surface area contributed by atoms with Gasteiger partial charge in [-0.3, -0.25) is 4.72 Å². The lowest BCUT2D eigenvalue weighted by Crippen LogP contribution is -2.09. The Bertz CT molecular complexity index is 967. The van der Waals surface area contributed by atoms with Crippen molar-refractivity contribution >= 4 is 55.2 Å². The highest BCUT2D eigenvalue weighted by Gasteiger charge is 2.11. The van der Waals surface area contributed by atoms with E-state index < -0.39 is 10.0 Å². The molecule has 0 saturated heterocycles. The van der Waals surface area contributed by atoms with Crippen LogP contribution in [0.2, 0.25) is 0 Å². The zero-order chi connectivity index (χ0) is 16.6. The van der Waals surface area contributed by atoms with Crippen LogP contribution in [0.1, 0.15) is 5.56 Å².